The third kappa shape index (κ3) is 4.32. The maximum atomic E-state index is 4.56. The second-order valence-electron chi connectivity index (χ2n) is 6.73. The van der Waals surface area contributed by atoms with Crippen molar-refractivity contribution in [2.75, 3.05) is 6.54 Å². The lowest BCUT2D eigenvalue weighted by Crippen LogP contribution is -2.36. The van der Waals surface area contributed by atoms with Gasteiger partial charge in [-0.15, -0.1) is 0 Å². The van der Waals surface area contributed by atoms with Crippen molar-refractivity contribution in [3.8, 4) is 0 Å². The van der Waals surface area contributed by atoms with Gasteiger partial charge in [0.05, 0.1) is 5.69 Å². The van der Waals surface area contributed by atoms with Crippen molar-refractivity contribution in [2.45, 2.75) is 78.2 Å². The van der Waals surface area contributed by atoms with E-state index in [4.69, 9.17) is 0 Å². The quantitative estimate of drug-likeness (QED) is 0.805. The maximum Gasteiger partial charge on any atom is 0.0628 e. The fourth-order valence-corrected chi connectivity index (χ4v) is 3.96. The van der Waals surface area contributed by atoms with Crippen LogP contribution in [0.2, 0.25) is 0 Å². The number of nitrogens with one attached hydrogen (secondary N) is 1. The van der Waals surface area contributed by atoms with Gasteiger partial charge in [-0.05, 0) is 57.6 Å². The van der Waals surface area contributed by atoms with Gasteiger partial charge in [-0.3, -0.25) is 4.68 Å². The first-order chi connectivity index (χ1) is 10.1. The van der Waals surface area contributed by atoms with Gasteiger partial charge < -0.3 is 5.32 Å². The lowest BCUT2D eigenvalue weighted by Gasteiger charge is -2.27. The average Bonchev–Trinajstić information content (AvgIpc) is 2.68. The average molecular weight is 291 g/mol. The Balaban J connectivity index is 1.98. The molecule has 1 unspecified atom stereocenters. The molecule has 0 bridgehead atoms. The summed E-state index contributed by atoms with van der Waals surface area (Å²) in [5.74, 6) is 0.879. The van der Waals surface area contributed by atoms with Crippen LogP contribution in [0.4, 0.5) is 0 Å². The van der Waals surface area contributed by atoms with Gasteiger partial charge >= 0.3 is 0 Å². The van der Waals surface area contributed by atoms with Crippen LogP contribution in [0, 0.1) is 19.8 Å². The summed E-state index contributed by atoms with van der Waals surface area (Å²) < 4.78 is 2.03. The third-order valence-electron chi connectivity index (χ3n) is 5.30. The molecule has 21 heavy (non-hydrogen) atoms. The summed E-state index contributed by atoms with van der Waals surface area (Å²) in [6.07, 6.45) is 11.0. The first-order valence-corrected chi connectivity index (χ1v) is 8.86. The predicted octanol–water partition coefficient (Wildman–Crippen LogP) is 3.92. The molecule has 1 aliphatic carbocycles. The molecule has 1 atom stereocenters. The molecule has 3 nitrogen and oxygen atoms in total. The zero-order valence-electron chi connectivity index (χ0n) is 14.4. The van der Waals surface area contributed by atoms with Gasteiger partial charge in [0, 0.05) is 18.8 Å². The van der Waals surface area contributed by atoms with Crippen LogP contribution in [-0.2, 0) is 13.5 Å². The van der Waals surface area contributed by atoms with Gasteiger partial charge in [-0.1, -0.05) is 32.6 Å². The molecule has 1 fully saturated rings. The fraction of sp³-hybridized carbons (Fsp3) is 0.833. The van der Waals surface area contributed by atoms with E-state index in [-0.39, 0.29) is 0 Å². The van der Waals surface area contributed by atoms with Crippen molar-refractivity contribution in [1.29, 1.82) is 0 Å². The molecule has 1 aromatic rings. The molecule has 2 rings (SSSR count). The fourth-order valence-electron chi connectivity index (χ4n) is 3.96. The molecule has 1 aromatic heterocycles. The van der Waals surface area contributed by atoms with E-state index >= 15 is 0 Å². The smallest absolute Gasteiger partial charge is 0.0628 e. The maximum absolute atomic E-state index is 4.56. The van der Waals surface area contributed by atoms with Crippen LogP contribution in [0.25, 0.3) is 0 Å². The van der Waals surface area contributed by atoms with Crippen LogP contribution in [-0.4, -0.2) is 22.4 Å². The monoisotopic (exact) mass is 291 g/mol. The molecule has 1 N–H and O–H groups in total. The summed E-state index contributed by atoms with van der Waals surface area (Å²) >= 11 is 0. The minimum absolute atomic E-state index is 0.687. The van der Waals surface area contributed by atoms with Crippen LogP contribution in [0.15, 0.2) is 0 Å². The van der Waals surface area contributed by atoms with Crippen molar-refractivity contribution < 1.29 is 0 Å². The number of nitrogens with zero attached hydrogens (tertiary/aromatic N) is 2. The lowest BCUT2D eigenvalue weighted by atomic mass is 9.87. The van der Waals surface area contributed by atoms with Crippen molar-refractivity contribution in [3.05, 3.63) is 17.0 Å². The van der Waals surface area contributed by atoms with E-state index in [9.17, 15) is 0 Å². The normalized spacial score (nSPS) is 18.7. The van der Waals surface area contributed by atoms with Gasteiger partial charge in [0.15, 0.2) is 0 Å². The highest BCUT2D eigenvalue weighted by Crippen LogP contribution is 2.28. The van der Waals surface area contributed by atoms with E-state index in [1.54, 1.807) is 0 Å². The highest BCUT2D eigenvalue weighted by molar-refractivity contribution is 5.24. The summed E-state index contributed by atoms with van der Waals surface area (Å²) in [5, 5.41) is 8.33. The van der Waals surface area contributed by atoms with Crippen molar-refractivity contribution in [3.63, 3.8) is 0 Å². The van der Waals surface area contributed by atoms with E-state index < -0.39 is 0 Å². The largest absolute Gasteiger partial charge is 0.314 e. The highest BCUT2D eigenvalue weighted by atomic mass is 15.3. The highest BCUT2D eigenvalue weighted by Gasteiger charge is 2.22. The summed E-state index contributed by atoms with van der Waals surface area (Å²) in [5.41, 5.74) is 4.02. The summed E-state index contributed by atoms with van der Waals surface area (Å²) in [4.78, 5) is 0. The Labute approximate surface area is 130 Å². The number of hydrogen-bond donors (Lipinski definition) is 1. The Bertz CT molecular complexity index is 428. The molecule has 120 valence electrons. The standard InChI is InChI=1S/C18H33N3/c1-5-19-18(16-10-8-6-7-9-11-16)13-12-17-14(2)20-21(4)15(17)3/h16,18-19H,5-13H2,1-4H3. The molecule has 3 heteroatoms. The summed E-state index contributed by atoms with van der Waals surface area (Å²) in [7, 11) is 2.05. The Morgan fingerprint density at radius 1 is 1.19 bits per heavy atom. The van der Waals surface area contributed by atoms with Crippen molar-refractivity contribution in [2.24, 2.45) is 13.0 Å². The summed E-state index contributed by atoms with van der Waals surface area (Å²) in [6.45, 7) is 7.68. The Morgan fingerprint density at radius 3 is 2.38 bits per heavy atom. The topological polar surface area (TPSA) is 29.9 Å². The zero-order chi connectivity index (χ0) is 15.2. The number of hydrogen-bond acceptors (Lipinski definition) is 2. The van der Waals surface area contributed by atoms with E-state index in [1.807, 2.05) is 4.68 Å². The Kier molecular flexibility index (Phi) is 6.28. The lowest BCUT2D eigenvalue weighted by molar-refractivity contribution is 0.308. The molecular weight excluding hydrogens is 258 g/mol. The van der Waals surface area contributed by atoms with Crippen LogP contribution in [0.3, 0.4) is 0 Å². The molecule has 1 aliphatic rings. The third-order valence-corrected chi connectivity index (χ3v) is 5.30. The second kappa shape index (κ2) is 7.98. The van der Waals surface area contributed by atoms with Gasteiger partial charge in [0.2, 0.25) is 0 Å². The van der Waals surface area contributed by atoms with E-state index in [2.05, 4.69) is 38.2 Å². The first kappa shape index (κ1) is 16.5. The molecule has 1 heterocycles. The van der Waals surface area contributed by atoms with E-state index in [0.717, 1.165) is 12.5 Å². The minimum Gasteiger partial charge on any atom is -0.314 e. The first-order valence-electron chi connectivity index (χ1n) is 8.86. The molecule has 0 aliphatic heterocycles. The molecule has 0 amide bonds. The summed E-state index contributed by atoms with van der Waals surface area (Å²) in [6, 6.07) is 0.687. The molecule has 0 radical (unpaired) electrons. The SMILES string of the molecule is CCNC(CCc1c(C)nn(C)c1C)C1CCCCCC1. The number of rotatable bonds is 6. The van der Waals surface area contributed by atoms with Gasteiger partial charge in [0.25, 0.3) is 0 Å². The minimum atomic E-state index is 0.687. The molecule has 0 spiro atoms. The molecule has 0 aromatic carbocycles. The van der Waals surface area contributed by atoms with Crippen molar-refractivity contribution in [1.82, 2.24) is 15.1 Å². The molecule has 1 saturated carbocycles. The predicted molar refractivity (Wildman–Crippen MR) is 89.7 cm³/mol. The number of aryl methyl sites for hydroxylation is 2. The van der Waals surface area contributed by atoms with Crippen LogP contribution in [0.1, 0.15) is 68.8 Å². The van der Waals surface area contributed by atoms with Crippen LogP contribution < -0.4 is 5.32 Å². The van der Waals surface area contributed by atoms with E-state index in [1.165, 1.54) is 68.3 Å². The zero-order valence-corrected chi connectivity index (χ0v) is 14.4. The van der Waals surface area contributed by atoms with E-state index in [0.29, 0.717) is 6.04 Å². The Hall–Kier alpha value is -0.830. The molecular formula is C18H33N3. The Morgan fingerprint density at radius 2 is 1.86 bits per heavy atom. The van der Waals surface area contributed by atoms with Gasteiger partial charge in [-0.2, -0.15) is 5.10 Å². The number of aromatic nitrogens is 2. The van der Waals surface area contributed by atoms with Crippen LogP contribution in [0.5, 0.6) is 0 Å². The molecule has 0 saturated heterocycles. The van der Waals surface area contributed by atoms with Gasteiger partial charge in [0.1, 0.15) is 0 Å². The van der Waals surface area contributed by atoms with Gasteiger partial charge in [-0.25, -0.2) is 0 Å². The van der Waals surface area contributed by atoms with Crippen molar-refractivity contribution >= 4 is 0 Å². The van der Waals surface area contributed by atoms with Crippen LogP contribution >= 0.6 is 0 Å². The second-order valence-corrected chi connectivity index (χ2v) is 6.73.